The molecule has 4 aromatic rings. The summed E-state index contributed by atoms with van der Waals surface area (Å²) in [6.45, 7) is 0. The quantitative estimate of drug-likeness (QED) is 0.0699. The van der Waals surface area contributed by atoms with E-state index in [0.717, 1.165) is 26.4 Å². The van der Waals surface area contributed by atoms with Crippen LogP contribution < -0.4 is 132 Å². The molecule has 0 unspecified atom stereocenters. The number of hydrogen-bond acceptors (Lipinski definition) is 14. The van der Waals surface area contributed by atoms with E-state index in [1.165, 1.54) is 0 Å². The van der Waals surface area contributed by atoms with Crippen LogP contribution in [0.3, 0.4) is 0 Å². The summed E-state index contributed by atoms with van der Waals surface area (Å²) < 4.78 is 96.0. The normalized spacial score (nSPS) is 11.8. The molecule has 2 aromatic carbocycles. The van der Waals surface area contributed by atoms with Crippen LogP contribution in [0.15, 0.2) is 30.6 Å². The Morgan fingerprint density at radius 1 is 0.706 bits per heavy atom. The van der Waals surface area contributed by atoms with Crippen molar-refractivity contribution >= 4 is 53.5 Å². The first-order valence-electron chi connectivity index (χ1n) is 8.10. The Morgan fingerprint density at radius 2 is 1.03 bits per heavy atom. The topological polar surface area (TPSA) is 212 Å². The van der Waals surface area contributed by atoms with Crippen LogP contribution >= 0.6 is 0 Å². The molecule has 0 fully saturated rings. The molecule has 2 heterocycles. The van der Waals surface area contributed by atoms with E-state index in [1.54, 1.807) is 0 Å². The van der Waals surface area contributed by atoms with E-state index in [1.807, 2.05) is 0 Å². The van der Waals surface area contributed by atoms with Crippen molar-refractivity contribution in [2.24, 2.45) is 0 Å². The molecule has 0 saturated carbocycles. The molecule has 0 aliphatic carbocycles. The van der Waals surface area contributed by atoms with Crippen molar-refractivity contribution in [2.75, 3.05) is 14.2 Å². The summed E-state index contributed by atoms with van der Waals surface area (Å²) in [6, 6.07) is 1.89. The number of benzene rings is 2. The van der Waals surface area contributed by atoms with Crippen molar-refractivity contribution in [3.63, 3.8) is 0 Å². The predicted octanol–water partition coefficient (Wildman–Crippen LogP) is -5.81. The maximum absolute atomic E-state index is 12.6. The van der Waals surface area contributed by atoms with Crippen LogP contribution in [-0.2, 0) is 20.8 Å². The second-order valence-corrected chi connectivity index (χ2v) is 8.05. The smallest absolute Gasteiger partial charge is 0.716 e. The van der Waals surface area contributed by atoms with E-state index in [2.05, 4.69) is 8.37 Å². The van der Waals surface area contributed by atoms with Gasteiger partial charge in [-0.05, 0) is 12.1 Å². The molecule has 34 heavy (non-hydrogen) atoms. The zero-order chi connectivity index (χ0) is 23.6. The molecule has 0 aliphatic rings. The van der Waals surface area contributed by atoms with Crippen molar-refractivity contribution in [2.45, 2.75) is 0 Å². The van der Waals surface area contributed by atoms with Crippen LogP contribution in [0.5, 0.6) is 23.0 Å². The Hall–Kier alpha value is -0.327. The Kier molecular flexibility index (Phi) is 9.30. The molecule has 0 bridgehead atoms. The number of ether oxygens (including phenoxy) is 2. The fourth-order valence-electron chi connectivity index (χ4n) is 3.21. The van der Waals surface area contributed by atoms with Gasteiger partial charge < -0.3 is 35.8 Å². The molecular formula is C16H8K2O14S2. The maximum Gasteiger partial charge on any atom is 1.00 e. The van der Waals surface area contributed by atoms with Gasteiger partial charge in [0.25, 0.3) is 20.8 Å². The SMILES string of the molecule is COc1cc2c(=O)oc3c(OS(=O)(=O)[O-])c(OC)cc4c(=O)oc(c1OS(=O)(=O)[O-])c2c34.[K+].[K+]. The van der Waals surface area contributed by atoms with E-state index in [0.29, 0.717) is 0 Å². The van der Waals surface area contributed by atoms with E-state index in [9.17, 15) is 35.5 Å². The van der Waals surface area contributed by atoms with Gasteiger partial charge in [0, 0.05) is 10.8 Å². The Morgan fingerprint density at radius 3 is 1.29 bits per heavy atom. The van der Waals surface area contributed by atoms with Crippen molar-refractivity contribution in [1.29, 1.82) is 0 Å². The minimum Gasteiger partial charge on any atom is -0.716 e. The van der Waals surface area contributed by atoms with Gasteiger partial charge in [0.15, 0.2) is 22.7 Å². The Bertz CT molecular complexity index is 1610. The first-order valence-corrected chi connectivity index (χ1v) is 10.8. The van der Waals surface area contributed by atoms with Crippen molar-refractivity contribution < 1.29 is 155 Å². The zero-order valence-electron chi connectivity index (χ0n) is 17.7. The fraction of sp³-hybridized carbons (Fsp3) is 0.125. The zero-order valence-corrected chi connectivity index (χ0v) is 25.6. The number of hydrogen-bond donors (Lipinski definition) is 0. The Labute approximate surface area is 274 Å². The van der Waals surface area contributed by atoms with Crippen molar-refractivity contribution in [1.82, 2.24) is 0 Å². The van der Waals surface area contributed by atoms with Crippen LogP contribution in [0.4, 0.5) is 0 Å². The molecule has 18 heteroatoms. The average molecular weight is 567 g/mol. The third-order valence-corrected chi connectivity index (χ3v) is 5.04. The summed E-state index contributed by atoms with van der Waals surface area (Å²) in [5.74, 6) is -2.64. The number of methoxy groups -OCH3 is 2. The summed E-state index contributed by atoms with van der Waals surface area (Å²) in [5, 5.41) is -1.26. The summed E-state index contributed by atoms with van der Waals surface area (Å²) in [6.07, 6.45) is 0. The Balaban J connectivity index is 0.00000204. The molecule has 0 spiro atoms. The minimum absolute atomic E-state index is 0. The van der Waals surface area contributed by atoms with E-state index < -0.39 is 66.2 Å². The molecule has 2 aromatic heterocycles. The molecule has 14 nitrogen and oxygen atoms in total. The second-order valence-electron chi connectivity index (χ2n) is 6.08. The molecule has 0 amide bonds. The first-order chi connectivity index (χ1) is 14.8. The predicted molar refractivity (Wildman–Crippen MR) is 101 cm³/mol. The van der Waals surface area contributed by atoms with Gasteiger partial charge in [0.1, 0.15) is 0 Å². The molecule has 0 radical (unpaired) electrons. The van der Waals surface area contributed by atoms with Crippen LogP contribution in [0.2, 0.25) is 0 Å². The van der Waals surface area contributed by atoms with Gasteiger partial charge in [-0.2, -0.15) is 0 Å². The third-order valence-electron chi connectivity index (χ3n) is 4.29. The molecule has 4 rings (SSSR count). The van der Waals surface area contributed by atoms with Gasteiger partial charge in [-0.1, -0.05) is 0 Å². The van der Waals surface area contributed by atoms with Gasteiger partial charge in [-0.3, -0.25) is 0 Å². The molecule has 170 valence electrons. The van der Waals surface area contributed by atoms with Gasteiger partial charge in [-0.25, -0.2) is 26.4 Å². The van der Waals surface area contributed by atoms with Crippen LogP contribution in [0.25, 0.3) is 32.7 Å². The summed E-state index contributed by atoms with van der Waals surface area (Å²) in [7, 11) is -8.71. The fourth-order valence-corrected chi connectivity index (χ4v) is 3.93. The summed E-state index contributed by atoms with van der Waals surface area (Å²) >= 11 is 0. The first kappa shape index (κ1) is 29.9. The van der Waals surface area contributed by atoms with E-state index in [4.69, 9.17) is 18.3 Å². The van der Waals surface area contributed by atoms with Crippen LogP contribution in [-0.4, -0.2) is 40.2 Å². The van der Waals surface area contributed by atoms with E-state index >= 15 is 0 Å². The monoisotopic (exact) mass is 566 g/mol. The second kappa shape index (κ2) is 10.6. The molecule has 0 N–H and O–H groups in total. The van der Waals surface area contributed by atoms with Gasteiger partial charge >= 0.3 is 114 Å². The molecule has 0 aliphatic heterocycles. The largest absolute Gasteiger partial charge is 1.00 e. The maximum atomic E-state index is 12.6. The summed E-state index contributed by atoms with van der Waals surface area (Å²) in [4.78, 5) is 25.3. The average Bonchev–Trinajstić information content (AvgIpc) is 2.67. The van der Waals surface area contributed by atoms with Gasteiger partial charge in [-0.15, -0.1) is 0 Å². The third kappa shape index (κ3) is 5.49. The van der Waals surface area contributed by atoms with Crippen LogP contribution in [0, 0.1) is 0 Å². The molecule has 0 atom stereocenters. The minimum atomic E-state index is -5.40. The summed E-state index contributed by atoms with van der Waals surface area (Å²) in [5.41, 5.74) is -3.71. The van der Waals surface area contributed by atoms with Crippen molar-refractivity contribution in [3.05, 3.63) is 33.0 Å². The standard InChI is InChI=1S/C16H10O14S2.2K/c1-25-7-3-5-9-10-6(16(18)27-13(9)11(7)29-31(19,20)21)4-8(26-2)12(30-32(22,23)24)14(10)28-15(5)17;;/h3-4H,1-2H3,(H,19,20,21)(H,22,23,24);;/q;2*+1/p-2. The molecular weight excluding hydrogens is 558 g/mol. The van der Waals surface area contributed by atoms with Crippen LogP contribution in [0.1, 0.15) is 0 Å². The van der Waals surface area contributed by atoms with Gasteiger partial charge in [0.2, 0.25) is 11.5 Å². The molecule has 0 saturated heterocycles. The number of rotatable bonds is 6. The van der Waals surface area contributed by atoms with E-state index in [-0.39, 0.29) is 124 Å². The van der Waals surface area contributed by atoms with Crippen molar-refractivity contribution in [3.8, 4) is 23.0 Å². The van der Waals surface area contributed by atoms with Gasteiger partial charge in [0.05, 0.1) is 25.0 Å².